The number of benzene rings is 2. The normalized spacial score (nSPS) is 12.1. The van der Waals surface area contributed by atoms with Gasteiger partial charge >= 0.3 is 5.69 Å². The number of nitro groups is 1. The van der Waals surface area contributed by atoms with Crippen molar-refractivity contribution in [1.82, 2.24) is 5.16 Å². The summed E-state index contributed by atoms with van der Waals surface area (Å²) >= 11 is 7.73. The van der Waals surface area contributed by atoms with E-state index >= 15 is 0 Å². The maximum atomic E-state index is 11.3. The van der Waals surface area contributed by atoms with Gasteiger partial charge in [-0.3, -0.25) is 10.1 Å². The van der Waals surface area contributed by atoms with Crippen molar-refractivity contribution in [2.75, 3.05) is 0 Å². The maximum absolute atomic E-state index is 11.3. The quantitative estimate of drug-likeness (QED) is 0.318. The molecule has 0 unspecified atom stereocenters. The topological polar surface area (TPSA) is 69.2 Å². The summed E-state index contributed by atoms with van der Waals surface area (Å²) in [6, 6.07) is 17.4. The van der Waals surface area contributed by atoms with E-state index in [1.165, 1.54) is 0 Å². The van der Waals surface area contributed by atoms with Crippen molar-refractivity contribution in [2.45, 2.75) is 23.5 Å². The van der Waals surface area contributed by atoms with E-state index in [4.69, 9.17) is 16.1 Å². The van der Waals surface area contributed by atoms with Crippen LogP contribution in [0.4, 0.5) is 5.69 Å². The average molecular weight is 375 g/mol. The zero-order chi connectivity index (χ0) is 17.8. The van der Waals surface area contributed by atoms with Crippen molar-refractivity contribution in [3.05, 3.63) is 86.8 Å². The lowest BCUT2D eigenvalue weighted by atomic mass is 10.1. The van der Waals surface area contributed by atoms with E-state index in [-0.39, 0.29) is 22.4 Å². The highest BCUT2D eigenvalue weighted by atomic mass is 35.5. The van der Waals surface area contributed by atoms with Gasteiger partial charge in [0.05, 0.1) is 4.92 Å². The van der Waals surface area contributed by atoms with Crippen LogP contribution in [0.25, 0.3) is 0 Å². The number of aromatic nitrogens is 1. The van der Waals surface area contributed by atoms with Gasteiger partial charge in [-0.1, -0.05) is 47.1 Å². The molecule has 25 heavy (non-hydrogen) atoms. The molecule has 5 nitrogen and oxygen atoms in total. The largest absolute Gasteiger partial charge is 0.354 e. The summed E-state index contributed by atoms with van der Waals surface area (Å²) in [6.45, 7) is 1.57. The Kier molecular flexibility index (Phi) is 5.40. The van der Waals surface area contributed by atoms with Crippen LogP contribution >= 0.6 is 23.4 Å². The van der Waals surface area contributed by atoms with E-state index in [9.17, 15) is 10.1 Å². The van der Waals surface area contributed by atoms with Crippen LogP contribution in [0.3, 0.4) is 0 Å². The fraction of sp³-hybridized carbons (Fsp3) is 0.167. The fourth-order valence-corrected chi connectivity index (χ4v) is 3.90. The molecule has 0 saturated heterocycles. The predicted molar refractivity (Wildman–Crippen MR) is 98.1 cm³/mol. The van der Waals surface area contributed by atoms with E-state index in [1.807, 2.05) is 48.5 Å². The number of nitrogens with zero attached hydrogens (tertiary/aromatic N) is 2. The molecule has 0 spiro atoms. The molecule has 1 atom stereocenters. The molecular formula is C18H15ClN2O3S. The summed E-state index contributed by atoms with van der Waals surface area (Å²) in [6.07, 6.45) is 0.344. The lowest BCUT2D eigenvalue weighted by Crippen LogP contribution is -2.01. The third kappa shape index (κ3) is 4.21. The van der Waals surface area contributed by atoms with Crippen LogP contribution < -0.4 is 0 Å². The van der Waals surface area contributed by atoms with Crippen LogP contribution in [-0.2, 0) is 6.42 Å². The molecule has 0 amide bonds. The van der Waals surface area contributed by atoms with Crippen LogP contribution in [0.2, 0.25) is 5.02 Å². The lowest BCUT2D eigenvalue weighted by Gasteiger charge is -2.16. The van der Waals surface area contributed by atoms with E-state index in [1.54, 1.807) is 24.8 Å². The predicted octanol–water partition coefficient (Wildman–Crippen LogP) is 5.62. The Balaban J connectivity index is 1.95. The Morgan fingerprint density at radius 2 is 2.00 bits per heavy atom. The minimum absolute atomic E-state index is 0.0549. The summed E-state index contributed by atoms with van der Waals surface area (Å²) in [5.41, 5.74) is 1.21. The molecule has 128 valence electrons. The second kappa shape index (κ2) is 7.72. The van der Waals surface area contributed by atoms with Crippen LogP contribution in [0, 0.1) is 17.0 Å². The van der Waals surface area contributed by atoms with Gasteiger partial charge in [-0.2, -0.15) is 0 Å². The Labute approximate surface area is 154 Å². The van der Waals surface area contributed by atoms with Gasteiger partial charge in [0.2, 0.25) is 5.76 Å². The van der Waals surface area contributed by atoms with E-state index in [2.05, 4.69) is 5.16 Å². The Morgan fingerprint density at radius 3 is 2.68 bits per heavy atom. The minimum Gasteiger partial charge on any atom is -0.354 e. The standard InChI is InChI=1S/C18H15ClN2O3S/c1-12-18(21(22)23)16(24-20-12)11-17(13-6-5-7-14(19)10-13)25-15-8-3-2-4-9-15/h2-10,17H,11H2,1H3/t17-/m0/s1. The van der Waals surface area contributed by atoms with Crippen LogP contribution in [-0.4, -0.2) is 10.1 Å². The van der Waals surface area contributed by atoms with Gasteiger partial charge < -0.3 is 4.52 Å². The summed E-state index contributed by atoms with van der Waals surface area (Å²) in [5.74, 6) is 0.274. The second-order valence-electron chi connectivity index (χ2n) is 5.48. The van der Waals surface area contributed by atoms with E-state index < -0.39 is 4.92 Å². The lowest BCUT2D eigenvalue weighted by molar-refractivity contribution is -0.386. The average Bonchev–Trinajstić information content (AvgIpc) is 2.96. The number of thioether (sulfide) groups is 1. The summed E-state index contributed by atoms with van der Waals surface area (Å²) in [4.78, 5) is 11.9. The molecule has 0 aliphatic rings. The van der Waals surface area contributed by atoms with Crippen LogP contribution in [0.15, 0.2) is 64.0 Å². The highest BCUT2D eigenvalue weighted by molar-refractivity contribution is 7.99. The molecule has 3 rings (SSSR count). The molecular weight excluding hydrogens is 360 g/mol. The summed E-state index contributed by atoms with van der Waals surface area (Å²) in [5, 5.41) is 15.6. The first-order chi connectivity index (χ1) is 12.0. The molecule has 0 aliphatic heterocycles. The van der Waals surface area contributed by atoms with Crippen molar-refractivity contribution < 1.29 is 9.45 Å². The molecule has 0 bridgehead atoms. The SMILES string of the molecule is Cc1noc(C[C@H](Sc2ccccc2)c2cccc(Cl)c2)c1[N+](=O)[O-]. The van der Waals surface area contributed by atoms with Gasteiger partial charge in [0.25, 0.3) is 0 Å². The van der Waals surface area contributed by atoms with Crippen LogP contribution in [0.1, 0.15) is 22.3 Å². The maximum Gasteiger partial charge on any atom is 0.334 e. The zero-order valence-electron chi connectivity index (χ0n) is 13.4. The fourth-order valence-electron chi connectivity index (χ4n) is 2.55. The van der Waals surface area contributed by atoms with Crippen molar-refractivity contribution in [3.8, 4) is 0 Å². The van der Waals surface area contributed by atoms with E-state index in [0.717, 1.165) is 10.5 Å². The summed E-state index contributed by atoms with van der Waals surface area (Å²) < 4.78 is 5.24. The molecule has 0 fully saturated rings. The number of hydrogen-bond acceptors (Lipinski definition) is 5. The molecule has 1 aromatic heterocycles. The Bertz CT molecular complexity index is 883. The third-order valence-corrected chi connectivity index (χ3v) is 5.20. The highest BCUT2D eigenvalue weighted by Crippen LogP contribution is 2.40. The molecule has 0 aliphatic carbocycles. The molecule has 3 aromatic rings. The Hall–Kier alpha value is -2.31. The first-order valence-corrected chi connectivity index (χ1v) is 8.87. The van der Waals surface area contributed by atoms with Crippen molar-refractivity contribution in [2.24, 2.45) is 0 Å². The van der Waals surface area contributed by atoms with Gasteiger partial charge in [0, 0.05) is 21.6 Å². The molecule has 0 radical (unpaired) electrons. The van der Waals surface area contributed by atoms with Crippen molar-refractivity contribution >= 4 is 29.1 Å². The van der Waals surface area contributed by atoms with Crippen LogP contribution in [0.5, 0.6) is 0 Å². The van der Waals surface area contributed by atoms with E-state index in [0.29, 0.717) is 11.4 Å². The van der Waals surface area contributed by atoms with Crippen molar-refractivity contribution in [1.29, 1.82) is 0 Å². The van der Waals surface area contributed by atoms with Gasteiger partial charge in [0.1, 0.15) is 0 Å². The zero-order valence-corrected chi connectivity index (χ0v) is 15.0. The molecule has 7 heteroatoms. The Morgan fingerprint density at radius 1 is 1.24 bits per heavy atom. The minimum atomic E-state index is -0.441. The number of hydrogen-bond donors (Lipinski definition) is 0. The summed E-state index contributed by atoms with van der Waals surface area (Å²) in [7, 11) is 0. The molecule has 2 aromatic carbocycles. The number of aryl methyl sites for hydroxylation is 1. The highest BCUT2D eigenvalue weighted by Gasteiger charge is 2.27. The third-order valence-electron chi connectivity index (χ3n) is 3.69. The molecule has 0 saturated carbocycles. The van der Waals surface area contributed by atoms with Gasteiger partial charge in [-0.15, -0.1) is 11.8 Å². The van der Waals surface area contributed by atoms with Gasteiger partial charge in [-0.25, -0.2) is 0 Å². The first-order valence-electron chi connectivity index (χ1n) is 7.61. The number of halogens is 1. The molecule has 1 heterocycles. The smallest absolute Gasteiger partial charge is 0.334 e. The van der Waals surface area contributed by atoms with Gasteiger partial charge in [-0.05, 0) is 36.8 Å². The van der Waals surface area contributed by atoms with Gasteiger partial charge in [0.15, 0.2) is 5.69 Å². The first kappa shape index (κ1) is 17.5. The second-order valence-corrected chi connectivity index (χ2v) is 7.19. The monoisotopic (exact) mass is 374 g/mol. The molecule has 0 N–H and O–H groups in total. The number of rotatable bonds is 6. The van der Waals surface area contributed by atoms with Crippen molar-refractivity contribution in [3.63, 3.8) is 0 Å².